The average molecular weight is 277 g/mol. The Balaban J connectivity index is 0. The summed E-state index contributed by atoms with van der Waals surface area (Å²) in [6.45, 7) is 1.73. The van der Waals surface area contributed by atoms with Gasteiger partial charge in [-0.15, -0.1) is 34.8 Å². The van der Waals surface area contributed by atoms with Gasteiger partial charge in [0.1, 0.15) is 5.60 Å². The van der Waals surface area contributed by atoms with Crippen molar-refractivity contribution in [3.05, 3.63) is 12.2 Å². The molecule has 0 heterocycles. The molecule has 3 nitrogen and oxygen atoms in total. The number of alkyl halides is 3. The molecule has 0 unspecified atom stereocenters. The summed E-state index contributed by atoms with van der Waals surface area (Å²) in [5, 5.41) is 0. The van der Waals surface area contributed by atoms with E-state index in [4.69, 9.17) is 39.5 Å². The summed E-state index contributed by atoms with van der Waals surface area (Å²) in [5.74, 6) is 0.195. The molecule has 90 valence electrons. The van der Waals surface area contributed by atoms with Gasteiger partial charge < -0.3 is 10.9 Å². The lowest BCUT2D eigenvalue weighted by Crippen LogP contribution is -2.39. The van der Waals surface area contributed by atoms with Gasteiger partial charge in [-0.25, -0.2) is 4.79 Å². The van der Waals surface area contributed by atoms with Crippen LogP contribution in [-0.4, -0.2) is 29.2 Å². The Bertz CT molecular complexity index is 206. The van der Waals surface area contributed by atoms with Crippen LogP contribution in [-0.2, 0) is 9.53 Å². The largest absolute Gasteiger partial charge is 0.453 e. The third-order valence-electron chi connectivity index (χ3n) is 1.66. The summed E-state index contributed by atoms with van der Waals surface area (Å²) >= 11 is 17.0. The molecule has 0 aromatic heterocycles. The van der Waals surface area contributed by atoms with E-state index in [2.05, 4.69) is 0 Å². The predicted octanol–water partition coefficient (Wildman–Crippen LogP) is 3.11. The number of halogens is 3. The predicted molar refractivity (Wildman–Crippen MR) is 65.4 cm³/mol. The summed E-state index contributed by atoms with van der Waals surface area (Å²) in [6, 6.07) is 0. The fourth-order valence-corrected chi connectivity index (χ4v) is 1.84. The van der Waals surface area contributed by atoms with Crippen molar-refractivity contribution >= 4 is 40.8 Å². The number of carbonyl (C=O) groups is 1. The fraction of sp³-hybridized carbons (Fsp3) is 0.667. The molecule has 0 aliphatic carbocycles. The minimum Gasteiger partial charge on any atom is -0.453 e. The number of esters is 1. The number of carbonyl (C=O) groups excluding carboxylic acids is 1. The zero-order valence-electron chi connectivity index (χ0n) is 8.64. The minimum atomic E-state index is -0.846. The fourth-order valence-electron chi connectivity index (χ4n) is 0.831. The highest BCUT2D eigenvalue weighted by Gasteiger charge is 2.31. The van der Waals surface area contributed by atoms with Crippen LogP contribution in [0.15, 0.2) is 12.2 Å². The summed E-state index contributed by atoms with van der Waals surface area (Å²) in [7, 11) is 0. The van der Waals surface area contributed by atoms with Crippen molar-refractivity contribution in [2.24, 2.45) is 0 Å². The third kappa shape index (κ3) is 6.25. The molecule has 0 aliphatic heterocycles. The van der Waals surface area contributed by atoms with E-state index in [0.717, 1.165) is 0 Å². The second-order valence-electron chi connectivity index (χ2n) is 2.81. The van der Waals surface area contributed by atoms with Gasteiger partial charge in [0.25, 0.3) is 0 Å². The van der Waals surface area contributed by atoms with Gasteiger partial charge in [0.15, 0.2) is 0 Å². The Morgan fingerprint density at radius 3 is 2.20 bits per heavy atom. The van der Waals surface area contributed by atoms with E-state index >= 15 is 0 Å². The van der Waals surface area contributed by atoms with E-state index < -0.39 is 11.6 Å². The molecule has 0 fully saturated rings. The highest BCUT2D eigenvalue weighted by Crippen LogP contribution is 2.21. The van der Waals surface area contributed by atoms with Crippen LogP contribution in [0.25, 0.3) is 0 Å². The van der Waals surface area contributed by atoms with Crippen LogP contribution in [0.5, 0.6) is 0 Å². The van der Waals surface area contributed by atoms with E-state index in [9.17, 15) is 4.79 Å². The van der Waals surface area contributed by atoms with Crippen molar-refractivity contribution in [3.63, 3.8) is 0 Å². The molecule has 0 bridgehead atoms. The van der Waals surface area contributed by atoms with Gasteiger partial charge in [-0.1, -0.05) is 6.08 Å². The van der Waals surface area contributed by atoms with Crippen molar-refractivity contribution in [2.45, 2.75) is 18.9 Å². The number of hydrogen-bond acceptors (Lipinski definition) is 3. The lowest BCUT2D eigenvalue weighted by Gasteiger charge is -2.28. The number of allylic oxidation sites excluding steroid dienone is 1. The smallest absolute Gasteiger partial charge is 0.331 e. The van der Waals surface area contributed by atoms with Crippen LogP contribution in [0.3, 0.4) is 0 Å². The Morgan fingerprint density at radius 1 is 1.33 bits per heavy atom. The molecule has 0 amide bonds. The monoisotopic (exact) mass is 275 g/mol. The molecule has 0 radical (unpaired) electrons. The first kappa shape index (κ1) is 17.4. The normalized spacial score (nSPS) is 11.2. The van der Waals surface area contributed by atoms with Crippen LogP contribution >= 0.6 is 34.8 Å². The van der Waals surface area contributed by atoms with Crippen LogP contribution in [0, 0.1) is 0 Å². The van der Waals surface area contributed by atoms with Gasteiger partial charge in [0.05, 0.1) is 11.8 Å². The zero-order chi connectivity index (χ0) is 11.0. The molecule has 0 saturated heterocycles. The van der Waals surface area contributed by atoms with Crippen molar-refractivity contribution < 1.29 is 9.53 Å². The standard InChI is InChI=1S/C9H13Cl3O2.H3N/c1-2-3-8(13)14-9(6-11,7-12)4-5-10;/h2-3H,4-7H2,1H3;1H3. The molecule has 0 spiro atoms. The summed E-state index contributed by atoms with van der Waals surface area (Å²) in [4.78, 5) is 11.2. The number of ether oxygens (including phenoxy) is 1. The van der Waals surface area contributed by atoms with E-state index in [1.54, 1.807) is 13.0 Å². The van der Waals surface area contributed by atoms with Gasteiger partial charge >= 0.3 is 5.97 Å². The van der Waals surface area contributed by atoms with Crippen molar-refractivity contribution in [2.75, 3.05) is 17.6 Å². The van der Waals surface area contributed by atoms with Crippen molar-refractivity contribution in [1.82, 2.24) is 6.15 Å². The Hall–Kier alpha value is 0.0400. The van der Waals surface area contributed by atoms with Gasteiger partial charge in [-0.3, -0.25) is 0 Å². The first-order valence-corrected chi connectivity index (χ1v) is 5.78. The first-order chi connectivity index (χ1) is 6.64. The molecule has 3 N–H and O–H groups in total. The maximum Gasteiger partial charge on any atom is 0.331 e. The van der Waals surface area contributed by atoms with Gasteiger partial charge in [0, 0.05) is 18.4 Å². The van der Waals surface area contributed by atoms with Crippen LogP contribution in [0.1, 0.15) is 13.3 Å². The van der Waals surface area contributed by atoms with Crippen molar-refractivity contribution in [3.8, 4) is 0 Å². The molecule has 0 aliphatic rings. The molecule has 0 aromatic carbocycles. The Kier molecular flexibility index (Phi) is 10.8. The topological polar surface area (TPSA) is 61.3 Å². The molecule has 6 heteroatoms. The number of hydrogen-bond donors (Lipinski definition) is 1. The summed E-state index contributed by atoms with van der Waals surface area (Å²) in [5.41, 5.74) is -0.846. The van der Waals surface area contributed by atoms with Crippen LogP contribution in [0.2, 0.25) is 0 Å². The maximum atomic E-state index is 11.2. The zero-order valence-corrected chi connectivity index (χ0v) is 10.9. The van der Waals surface area contributed by atoms with Crippen molar-refractivity contribution in [1.29, 1.82) is 0 Å². The van der Waals surface area contributed by atoms with E-state index in [1.807, 2.05) is 0 Å². The van der Waals surface area contributed by atoms with Crippen LogP contribution in [0.4, 0.5) is 0 Å². The second-order valence-corrected chi connectivity index (χ2v) is 3.72. The average Bonchev–Trinajstić information content (AvgIpc) is 2.17. The summed E-state index contributed by atoms with van der Waals surface area (Å²) in [6.07, 6.45) is 3.36. The second kappa shape index (κ2) is 9.28. The molecule has 0 rings (SSSR count). The highest BCUT2D eigenvalue weighted by molar-refractivity contribution is 6.22. The minimum absolute atomic E-state index is 0. The Labute approximate surface area is 105 Å². The van der Waals surface area contributed by atoms with E-state index in [-0.39, 0.29) is 17.9 Å². The van der Waals surface area contributed by atoms with Gasteiger partial charge in [0.2, 0.25) is 0 Å². The third-order valence-corrected chi connectivity index (χ3v) is 2.82. The maximum absolute atomic E-state index is 11.2. The van der Waals surface area contributed by atoms with E-state index in [0.29, 0.717) is 12.3 Å². The van der Waals surface area contributed by atoms with Crippen LogP contribution < -0.4 is 6.15 Å². The summed E-state index contributed by atoms with van der Waals surface area (Å²) < 4.78 is 5.14. The molecule has 0 aromatic rings. The van der Waals surface area contributed by atoms with E-state index in [1.165, 1.54) is 6.08 Å². The SMILES string of the molecule is CC=CC(=O)OC(CCl)(CCl)CCCl.N. The molecular formula is C9H16Cl3NO2. The number of rotatable bonds is 6. The first-order valence-electron chi connectivity index (χ1n) is 4.17. The molecule has 0 atom stereocenters. The van der Waals surface area contributed by atoms with Gasteiger partial charge in [-0.2, -0.15) is 0 Å². The lowest BCUT2D eigenvalue weighted by atomic mass is 10.1. The molecule has 0 saturated carbocycles. The molecular weight excluding hydrogens is 260 g/mol. The quantitative estimate of drug-likeness (QED) is 0.460. The molecule has 15 heavy (non-hydrogen) atoms. The van der Waals surface area contributed by atoms with Gasteiger partial charge in [-0.05, 0) is 6.92 Å². The Morgan fingerprint density at radius 2 is 1.87 bits per heavy atom. The lowest BCUT2D eigenvalue weighted by molar-refractivity contribution is -0.149. The highest BCUT2D eigenvalue weighted by atomic mass is 35.5.